The number of rotatable bonds is 4. The Morgan fingerprint density at radius 2 is 1.28 bits per heavy atom. The van der Waals surface area contributed by atoms with Gasteiger partial charge in [-0.2, -0.15) is 0 Å². The second kappa shape index (κ2) is 13.3. The van der Waals surface area contributed by atoms with Crippen molar-refractivity contribution < 1.29 is 0 Å². The molecule has 12 rings (SSSR count). The summed E-state index contributed by atoms with van der Waals surface area (Å²) in [5.74, 6) is 0.590. The van der Waals surface area contributed by atoms with Gasteiger partial charge in [0.15, 0.2) is 0 Å². The Labute approximate surface area is 354 Å². The zero-order chi connectivity index (χ0) is 40.2. The number of benzene rings is 7. The van der Waals surface area contributed by atoms with Crippen molar-refractivity contribution >= 4 is 51.4 Å². The molecule has 2 atom stereocenters. The Morgan fingerprint density at radius 3 is 2.08 bits per heavy atom. The highest BCUT2D eigenvalue weighted by molar-refractivity contribution is 6.04. The van der Waals surface area contributed by atoms with Crippen molar-refractivity contribution in [1.82, 2.24) is 0 Å². The second-order valence-corrected chi connectivity index (χ2v) is 18.5. The van der Waals surface area contributed by atoms with E-state index >= 15 is 0 Å². The van der Waals surface area contributed by atoms with Crippen molar-refractivity contribution in [3.63, 3.8) is 0 Å². The predicted molar refractivity (Wildman–Crippen MR) is 253 cm³/mol. The number of allylic oxidation sites excluding steroid dienone is 4. The first-order valence-electron chi connectivity index (χ1n) is 22.1. The number of para-hydroxylation sites is 3. The lowest BCUT2D eigenvalue weighted by Crippen LogP contribution is -2.30. The van der Waals surface area contributed by atoms with Gasteiger partial charge in [0.1, 0.15) is 0 Å². The lowest BCUT2D eigenvalue weighted by atomic mass is 9.73. The molecule has 3 aliphatic carbocycles. The lowest BCUT2D eigenvalue weighted by molar-refractivity contribution is 0.536. The van der Waals surface area contributed by atoms with Crippen molar-refractivity contribution in [3.05, 3.63) is 208 Å². The number of nitrogens with zero attached hydrogens (tertiary/aromatic N) is 2. The minimum absolute atomic E-state index is 0.0582. The van der Waals surface area contributed by atoms with Gasteiger partial charge in [0.2, 0.25) is 0 Å². The maximum absolute atomic E-state index is 2.58. The van der Waals surface area contributed by atoms with Gasteiger partial charge >= 0.3 is 0 Å². The van der Waals surface area contributed by atoms with Gasteiger partial charge in [-0.15, -0.1) is 0 Å². The van der Waals surface area contributed by atoms with Crippen LogP contribution in [-0.4, -0.2) is 6.54 Å². The predicted octanol–water partition coefficient (Wildman–Crippen LogP) is 15.2. The zero-order valence-corrected chi connectivity index (χ0v) is 34.9. The van der Waals surface area contributed by atoms with E-state index in [1.807, 2.05) is 0 Å². The molecule has 0 radical (unpaired) electrons. The van der Waals surface area contributed by atoms with Crippen LogP contribution in [0.2, 0.25) is 0 Å². The molecule has 0 amide bonds. The summed E-state index contributed by atoms with van der Waals surface area (Å²) < 4.78 is 0. The van der Waals surface area contributed by atoms with Crippen molar-refractivity contribution in [3.8, 4) is 11.1 Å². The average molecular weight is 775 g/mol. The fraction of sp³-hybridized carbons (Fsp3) is 0.207. The SMILES string of the molecule is CC1CC=CC2=C1CC1(C2)c2cc(C=Cc3cccc4c(N5c6ccccc6C(C)(C)c6ccccc65)cccc34)ccc2-c2ccc(N3CCCc4ccccc43)cc21. The molecule has 2 heterocycles. The van der Waals surface area contributed by atoms with Crippen LogP contribution in [0.25, 0.3) is 34.1 Å². The first kappa shape index (κ1) is 35.6. The second-order valence-electron chi connectivity index (χ2n) is 18.5. The summed E-state index contributed by atoms with van der Waals surface area (Å²) in [4.78, 5) is 5.07. The van der Waals surface area contributed by atoms with E-state index in [0.29, 0.717) is 5.92 Å². The Balaban J connectivity index is 0.943. The van der Waals surface area contributed by atoms with Gasteiger partial charge in [0, 0.05) is 34.1 Å². The van der Waals surface area contributed by atoms with Gasteiger partial charge < -0.3 is 9.80 Å². The molecule has 0 aromatic heterocycles. The van der Waals surface area contributed by atoms with Gasteiger partial charge in [0.05, 0.1) is 17.1 Å². The van der Waals surface area contributed by atoms with Crippen LogP contribution in [0.1, 0.15) is 85.4 Å². The van der Waals surface area contributed by atoms with E-state index in [1.54, 1.807) is 11.1 Å². The smallest absolute Gasteiger partial charge is 0.0540 e. The summed E-state index contributed by atoms with van der Waals surface area (Å²) in [6.07, 6.45) is 15.2. The fourth-order valence-corrected chi connectivity index (χ4v) is 11.9. The summed E-state index contributed by atoms with van der Waals surface area (Å²) in [5, 5.41) is 2.51. The van der Waals surface area contributed by atoms with E-state index in [1.165, 1.54) is 95.7 Å². The number of anilines is 5. The van der Waals surface area contributed by atoms with Crippen LogP contribution in [0.4, 0.5) is 28.4 Å². The normalized spacial score (nSPS) is 20.6. The molecule has 292 valence electrons. The highest BCUT2D eigenvalue weighted by Gasteiger charge is 2.49. The molecule has 2 heteroatoms. The Kier molecular flexibility index (Phi) is 7.89. The lowest BCUT2D eigenvalue weighted by Gasteiger charge is -2.42. The molecule has 2 aliphatic heterocycles. The molecule has 7 aromatic carbocycles. The van der Waals surface area contributed by atoms with E-state index in [-0.39, 0.29) is 10.8 Å². The van der Waals surface area contributed by atoms with Crippen molar-refractivity contribution in [2.45, 2.75) is 63.7 Å². The van der Waals surface area contributed by atoms with E-state index in [9.17, 15) is 0 Å². The largest absolute Gasteiger partial charge is 0.341 e. The third-order valence-electron chi connectivity index (χ3n) is 14.9. The summed E-state index contributed by atoms with van der Waals surface area (Å²) in [6, 6.07) is 55.2. The third-order valence-corrected chi connectivity index (χ3v) is 14.9. The van der Waals surface area contributed by atoms with Crippen molar-refractivity contribution in [2.75, 3.05) is 16.3 Å². The molecule has 0 N–H and O–H groups in total. The van der Waals surface area contributed by atoms with Gasteiger partial charge in [-0.25, -0.2) is 0 Å². The van der Waals surface area contributed by atoms with E-state index in [2.05, 4.69) is 200 Å². The van der Waals surface area contributed by atoms with Crippen LogP contribution in [-0.2, 0) is 17.3 Å². The molecular formula is C58H50N2. The molecule has 0 bridgehead atoms. The van der Waals surface area contributed by atoms with E-state index in [4.69, 9.17) is 0 Å². The molecule has 0 saturated carbocycles. The molecule has 7 aromatic rings. The molecule has 5 aliphatic rings. The maximum atomic E-state index is 2.58. The number of fused-ring (bicyclic) bond motifs is 9. The summed E-state index contributed by atoms with van der Waals surface area (Å²) in [6.45, 7) is 8.21. The molecule has 60 heavy (non-hydrogen) atoms. The zero-order valence-electron chi connectivity index (χ0n) is 34.9. The van der Waals surface area contributed by atoms with Crippen LogP contribution < -0.4 is 9.80 Å². The Hall–Kier alpha value is -6.38. The monoisotopic (exact) mass is 774 g/mol. The number of hydrogen-bond donors (Lipinski definition) is 0. The average Bonchev–Trinajstić information content (AvgIpc) is 3.81. The van der Waals surface area contributed by atoms with Crippen LogP contribution in [0.3, 0.4) is 0 Å². The molecular weight excluding hydrogens is 725 g/mol. The van der Waals surface area contributed by atoms with Crippen LogP contribution in [0, 0.1) is 5.92 Å². The number of aryl methyl sites for hydroxylation is 1. The van der Waals surface area contributed by atoms with Gasteiger partial charge in [0.25, 0.3) is 0 Å². The van der Waals surface area contributed by atoms with Gasteiger partial charge in [-0.1, -0.05) is 160 Å². The fourth-order valence-electron chi connectivity index (χ4n) is 11.9. The van der Waals surface area contributed by atoms with Crippen LogP contribution in [0.15, 0.2) is 169 Å². The summed E-state index contributed by atoms with van der Waals surface area (Å²) >= 11 is 0. The Bertz CT molecular complexity index is 2960. The molecule has 1 spiro atoms. The first-order valence-corrected chi connectivity index (χ1v) is 22.1. The quantitative estimate of drug-likeness (QED) is 0.164. The minimum atomic E-state index is -0.0946. The summed E-state index contributed by atoms with van der Waals surface area (Å²) in [5.41, 5.74) is 22.0. The highest BCUT2D eigenvalue weighted by Crippen LogP contribution is 2.61. The molecule has 2 unspecified atom stereocenters. The summed E-state index contributed by atoms with van der Waals surface area (Å²) in [7, 11) is 0. The topological polar surface area (TPSA) is 6.48 Å². The van der Waals surface area contributed by atoms with Crippen molar-refractivity contribution in [1.29, 1.82) is 0 Å². The van der Waals surface area contributed by atoms with Crippen molar-refractivity contribution in [2.24, 2.45) is 5.92 Å². The van der Waals surface area contributed by atoms with Crippen LogP contribution in [0.5, 0.6) is 0 Å². The highest BCUT2D eigenvalue weighted by atomic mass is 15.2. The Morgan fingerprint density at radius 1 is 0.600 bits per heavy atom. The standard InChI is InChI=1S/C58H50N2/c1-38-14-10-17-42-36-58(37-48(38)42)51-34-39(28-31-45(51)46-32-30-43(35-52(46)58)59-33-13-18-41-15-4-7-23-53(41)59)27-29-40-16-11-20-47-44(40)19-12-26-54(47)60-55-24-8-5-21-49(55)57(2,3)50-22-6-9-25-56(50)60/h4-12,15-17,19-32,34-35,38H,13-14,18,33,36-37H2,1-3H3. The number of hydrogen-bond acceptors (Lipinski definition) is 2. The van der Waals surface area contributed by atoms with Gasteiger partial charge in [-0.05, 0) is 135 Å². The van der Waals surface area contributed by atoms with Gasteiger partial charge in [-0.3, -0.25) is 0 Å². The first-order chi connectivity index (χ1) is 29.4. The van der Waals surface area contributed by atoms with E-state index < -0.39 is 0 Å². The molecule has 0 saturated heterocycles. The van der Waals surface area contributed by atoms with Crippen LogP contribution >= 0.6 is 0 Å². The molecule has 2 nitrogen and oxygen atoms in total. The third kappa shape index (κ3) is 5.19. The molecule has 0 fully saturated rings. The van der Waals surface area contributed by atoms with E-state index in [0.717, 1.165) is 32.2 Å². The maximum Gasteiger partial charge on any atom is 0.0540 e. The minimum Gasteiger partial charge on any atom is -0.341 e.